The van der Waals surface area contributed by atoms with Crippen molar-refractivity contribution < 1.29 is 14.0 Å². The Morgan fingerprint density at radius 1 is 1.08 bits per heavy atom. The van der Waals surface area contributed by atoms with Gasteiger partial charge < -0.3 is 15.1 Å². The predicted octanol–water partition coefficient (Wildman–Crippen LogP) is 3.74. The summed E-state index contributed by atoms with van der Waals surface area (Å²) >= 11 is 0. The van der Waals surface area contributed by atoms with Gasteiger partial charge in [-0.3, -0.25) is 9.59 Å². The van der Waals surface area contributed by atoms with Crippen molar-refractivity contribution in [1.82, 2.24) is 4.98 Å². The van der Waals surface area contributed by atoms with Crippen LogP contribution in [0.4, 0.5) is 11.4 Å². The fourth-order valence-corrected chi connectivity index (χ4v) is 2.31. The number of hydrogen-bond acceptors (Lipinski definition) is 4. The quantitative estimate of drug-likeness (QED) is 0.766. The van der Waals surface area contributed by atoms with Gasteiger partial charge in [0.1, 0.15) is 5.52 Å². The molecule has 0 radical (unpaired) electrons. The molecule has 2 amide bonds. The highest BCUT2D eigenvalue weighted by molar-refractivity contribution is 6.05. The Bertz CT molecular complexity index is 915. The first-order valence-electron chi connectivity index (χ1n) is 7.63. The Morgan fingerprint density at radius 2 is 1.88 bits per heavy atom. The lowest BCUT2D eigenvalue weighted by molar-refractivity contribution is -0.115. The second kappa shape index (κ2) is 6.54. The molecule has 0 aliphatic heterocycles. The molecule has 6 heteroatoms. The normalized spacial score (nSPS) is 10.6. The molecule has 1 aromatic heterocycles. The van der Waals surface area contributed by atoms with Gasteiger partial charge in [-0.05, 0) is 30.3 Å². The third-order valence-corrected chi connectivity index (χ3v) is 3.48. The van der Waals surface area contributed by atoms with E-state index in [0.717, 1.165) is 5.52 Å². The maximum Gasteiger partial charge on any atom is 0.255 e. The topological polar surface area (TPSA) is 84.2 Å². The Labute approximate surface area is 138 Å². The Hall–Kier alpha value is -3.15. The van der Waals surface area contributed by atoms with E-state index in [-0.39, 0.29) is 11.8 Å². The zero-order chi connectivity index (χ0) is 17.1. The van der Waals surface area contributed by atoms with E-state index < -0.39 is 0 Å². The summed E-state index contributed by atoms with van der Waals surface area (Å²) in [6.07, 6.45) is 0.382. The summed E-state index contributed by atoms with van der Waals surface area (Å²) in [6.45, 7) is 3.54. The SMILES string of the molecule is CCC(=O)Nc1cccc(C(=O)Nc2ccc3nc(C)oc3c2)c1. The van der Waals surface area contributed by atoms with Gasteiger partial charge in [0.15, 0.2) is 11.5 Å². The van der Waals surface area contributed by atoms with Crippen LogP contribution in [0.3, 0.4) is 0 Å². The van der Waals surface area contributed by atoms with E-state index in [0.29, 0.717) is 34.8 Å². The minimum absolute atomic E-state index is 0.0984. The van der Waals surface area contributed by atoms with Gasteiger partial charge in [-0.15, -0.1) is 0 Å². The molecule has 3 aromatic rings. The molecule has 0 atom stereocenters. The molecule has 0 fully saturated rings. The summed E-state index contributed by atoms with van der Waals surface area (Å²) < 4.78 is 5.46. The number of amides is 2. The van der Waals surface area contributed by atoms with Crippen LogP contribution in [0.15, 0.2) is 46.9 Å². The minimum Gasteiger partial charge on any atom is -0.441 e. The fourth-order valence-electron chi connectivity index (χ4n) is 2.31. The highest BCUT2D eigenvalue weighted by atomic mass is 16.3. The number of aromatic nitrogens is 1. The van der Waals surface area contributed by atoms with E-state index in [4.69, 9.17) is 4.42 Å². The Kier molecular flexibility index (Phi) is 4.29. The summed E-state index contributed by atoms with van der Waals surface area (Å²) in [7, 11) is 0. The molecule has 0 bridgehead atoms. The second-order valence-electron chi connectivity index (χ2n) is 5.35. The van der Waals surface area contributed by atoms with Crippen LogP contribution in [0.1, 0.15) is 29.6 Å². The van der Waals surface area contributed by atoms with Crippen LogP contribution in [0.5, 0.6) is 0 Å². The van der Waals surface area contributed by atoms with Crippen LogP contribution in [0.25, 0.3) is 11.1 Å². The number of hydrogen-bond donors (Lipinski definition) is 2. The van der Waals surface area contributed by atoms with Gasteiger partial charge in [0, 0.05) is 36.3 Å². The predicted molar refractivity (Wildman–Crippen MR) is 92.1 cm³/mol. The van der Waals surface area contributed by atoms with Gasteiger partial charge in [0.25, 0.3) is 5.91 Å². The second-order valence-corrected chi connectivity index (χ2v) is 5.35. The standard InChI is InChI=1S/C18H17N3O3/c1-3-17(22)20-13-6-4-5-12(9-13)18(23)21-14-7-8-15-16(10-14)24-11(2)19-15/h4-10H,3H2,1-2H3,(H,20,22)(H,21,23). The van der Waals surface area contributed by atoms with E-state index in [1.807, 2.05) is 0 Å². The summed E-state index contributed by atoms with van der Waals surface area (Å²) in [5, 5.41) is 5.55. The Balaban J connectivity index is 1.78. The lowest BCUT2D eigenvalue weighted by Crippen LogP contribution is -2.13. The van der Waals surface area contributed by atoms with Gasteiger partial charge in [-0.25, -0.2) is 4.98 Å². The number of carbonyl (C=O) groups excluding carboxylic acids is 2. The zero-order valence-electron chi connectivity index (χ0n) is 13.4. The maximum atomic E-state index is 12.4. The molecule has 2 aromatic carbocycles. The van der Waals surface area contributed by atoms with Gasteiger partial charge >= 0.3 is 0 Å². The molecule has 0 aliphatic carbocycles. The first-order valence-corrected chi connectivity index (χ1v) is 7.63. The van der Waals surface area contributed by atoms with E-state index in [9.17, 15) is 9.59 Å². The number of rotatable bonds is 4. The van der Waals surface area contributed by atoms with E-state index in [1.54, 1.807) is 56.3 Å². The monoisotopic (exact) mass is 323 g/mol. The van der Waals surface area contributed by atoms with Crippen molar-refractivity contribution in [3.8, 4) is 0 Å². The molecule has 0 spiro atoms. The molecule has 6 nitrogen and oxygen atoms in total. The van der Waals surface area contributed by atoms with Crippen molar-refractivity contribution >= 4 is 34.3 Å². The molecule has 0 saturated heterocycles. The number of oxazole rings is 1. The lowest BCUT2D eigenvalue weighted by Gasteiger charge is -2.08. The number of fused-ring (bicyclic) bond motifs is 1. The van der Waals surface area contributed by atoms with Crippen molar-refractivity contribution in [2.45, 2.75) is 20.3 Å². The van der Waals surface area contributed by atoms with Gasteiger partial charge in [0.2, 0.25) is 5.91 Å². The largest absolute Gasteiger partial charge is 0.441 e. The van der Waals surface area contributed by atoms with Crippen LogP contribution < -0.4 is 10.6 Å². The molecule has 1 heterocycles. The van der Waals surface area contributed by atoms with Crippen LogP contribution in [-0.2, 0) is 4.79 Å². The third-order valence-electron chi connectivity index (χ3n) is 3.48. The van der Waals surface area contributed by atoms with Crippen molar-refractivity contribution in [3.63, 3.8) is 0 Å². The van der Waals surface area contributed by atoms with E-state index in [2.05, 4.69) is 15.6 Å². The van der Waals surface area contributed by atoms with Gasteiger partial charge in [-0.2, -0.15) is 0 Å². The molecule has 0 aliphatic rings. The number of carbonyl (C=O) groups is 2. The van der Waals surface area contributed by atoms with E-state index in [1.165, 1.54) is 0 Å². The molecular formula is C18H17N3O3. The number of anilines is 2. The minimum atomic E-state index is -0.266. The Morgan fingerprint density at radius 3 is 2.67 bits per heavy atom. The van der Waals surface area contributed by atoms with Crippen molar-refractivity contribution in [3.05, 3.63) is 53.9 Å². The first-order chi connectivity index (χ1) is 11.5. The average molecular weight is 323 g/mol. The first kappa shape index (κ1) is 15.7. The van der Waals surface area contributed by atoms with Crippen molar-refractivity contribution in [2.75, 3.05) is 10.6 Å². The van der Waals surface area contributed by atoms with Crippen molar-refractivity contribution in [2.24, 2.45) is 0 Å². The molecule has 0 saturated carbocycles. The molecule has 2 N–H and O–H groups in total. The van der Waals surface area contributed by atoms with Crippen molar-refractivity contribution in [1.29, 1.82) is 0 Å². The molecule has 122 valence electrons. The number of aryl methyl sites for hydroxylation is 1. The van der Waals surface area contributed by atoms with E-state index >= 15 is 0 Å². The van der Waals surface area contributed by atoms with Gasteiger partial charge in [0.05, 0.1) is 0 Å². The molecule has 24 heavy (non-hydrogen) atoms. The smallest absolute Gasteiger partial charge is 0.255 e. The molecule has 0 unspecified atom stereocenters. The maximum absolute atomic E-state index is 12.4. The van der Waals surface area contributed by atoms with Crippen LogP contribution in [0.2, 0.25) is 0 Å². The summed E-state index contributed by atoms with van der Waals surface area (Å²) in [6, 6.07) is 12.1. The number of benzene rings is 2. The van der Waals surface area contributed by atoms with Gasteiger partial charge in [-0.1, -0.05) is 13.0 Å². The molecule has 3 rings (SSSR count). The number of nitrogens with one attached hydrogen (secondary N) is 2. The third kappa shape index (κ3) is 3.43. The summed E-state index contributed by atoms with van der Waals surface area (Å²) in [5.41, 5.74) is 3.03. The lowest BCUT2D eigenvalue weighted by atomic mass is 10.1. The highest BCUT2D eigenvalue weighted by Gasteiger charge is 2.10. The summed E-state index contributed by atoms with van der Waals surface area (Å²) in [4.78, 5) is 28.1. The average Bonchev–Trinajstić information content (AvgIpc) is 2.94. The molecular weight excluding hydrogens is 306 g/mol. The number of nitrogens with zero attached hydrogens (tertiary/aromatic N) is 1. The fraction of sp³-hybridized carbons (Fsp3) is 0.167. The van der Waals surface area contributed by atoms with Crippen LogP contribution in [0, 0.1) is 6.92 Å². The van der Waals surface area contributed by atoms with Crippen LogP contribution >= 0.6 is 0 Å². The highest BCUT2D eigenvalue weighted by Crippen LogP contribution is 2.21. The zero-order valence-corrected chi connectivity index (χ0v) is 13.4. The van der Waals surface area contributed by atoms with Crippen LogP contribution in [-0.4, -0.2) is 16.8 Å². The summed E-state index contributed by atoms with van der Waals surface area (Å²) in [5.74, 6) is 0.213.